The highest BCUT2D eigenvalue weighted by molar-refractivity contribution is 6.32. The van der Waals surface area contributed by atoms with Crippen molar-refractivity contribution < 1.29 is 19.4 Å². The number of nitrogens with zero attached hydrogens (tertiary/aromatic N) is 2. The van der Waals surface area contributed by atoms with Crippen molar-refractivity contribution in [3.05, 3.63) is 45.3 Å². The van der Waals surface area contributed by atoms with Gasteiger partial charge in [-0.15, -0.1) is 0 Å². The molecule has 2 heterocycles. The van der Waals surface area contributed by atoms with Gasteiger partial charge in [0.05, 0.1) is 23.8 Å². The van der Waals surface area contributed by atoms with E-state index in [1.54, 1.807) is 10.9 Å². The third kappa shape index (κ3) is 3.46. The first-order chi connectivity index (χ1) is 15.8. The summed E-state index contributed by atoms with van der Waals surface area (Å²) in [5.74, 6) is 1.56. The molecule has 0 amide bonds. The number of carboxylic acid groups (broad SMARTS) is 1. The minimum Gasteiger partial charge on any atom is -0.481 e. The number of anilines is 1. The molecule has 4 saturated carbocycles. The standard InChI is InChI=1S/C24H26ClN3O5/c25-21-17(26-10-14-1-2-18-19(4-14)33-13-32-18)11-27-28(22(21)31)24-7-15-3-16(8-24)6-23(5-15,12-24)9-20(29)30/h1-2,4,11,15-16,26H,3,5-10,12-13H2,(H,29,30)/t15-,16+,23?,24?. The Morgan fingerprint density at radius 2 is 1.97 bits per heavy atom. The topological polar surface area (TPSA) is 103 Å². The van der Waals surface area contributed by atoms with Gasteiger partial charge in [0.25, 0.3) is 5.56 Å². The van der Waals surface area contributed by atoms with Gasteiger partial charge in [-0.25, -0.2) is 4.68 Å². The van der Waals surface area contributed by atoms with E-state index in [0.29, 0.717) is 36.2 Å². The normalized spacial score (nSPS) is 31.1. The molecule has 4 bridgehead atoms. The van der Waals surface area contributed by atoms with Crippen molar-refractivity contribution in [2.45, 2.75) is 57.0 Å². The van der Waals surface area contributed by atoms with E-state index in [2.05, 4.69) is 10.4 Å². The maximum Gasteiger partial charge on any atom is 0.303 e. The van der Waals surface area contributed by atoms with Gasteiger partial charge in [0.1, 0.15) is 5.02 Å². The Kier molecular flexibility index (Phi) is 4.66. The zero-order chi connectivity index (χ0) is 22.8. The third-order valence-electron chi connectivity index (χ3n) is 7.97. The van der Waals surface area contributed by atoms with Crippen LogP contribution in [0.25, 0.3) is 0 Å². The minimum atomic E-state index is -0.756. The summed E-state index contributed by atoms with van der Waals surface area (Å²) in [6, 6.07) is 5.69. The highest BCUT2D eigenvalue weighted by Crippen LogP contribution is 2.65. The summed E-state index contributed by atoms with van der Waals surface area (Å²) in [7, 11) is 0. The molecule has 4 fully saturated rings. The number of ether oxygens (including phenoxy) is 2. The summed E-state index contributed by atoms with van der Waals surface area (Å²) in [5, 5.41) is 17.4. The Hall–Kier alpha value is -2.74. The van der Waals surface area contributed by atoms with Crippen molar-refractivity contribution >= 4 is 23.3 Å². The van der Waals surface area contributed by atoms with Crippen molar-refractivity contribution in [2.75, 3.05) is 12.1 Å². The SMILES string of the molecule is O=C(O)CC12C[C@H]3C[C@@H](C1)CC(n1ncc(NCc4ccc5c(c4)OCO5)c(Cl)c1=O)(C3)C2. The van der Waals surface area contributed by atoms with Gasteiger partial charge in [0.2, 0.25) is 6.79 Å². The monoisotopic (exact) mass is 471 g/mol. The molecule has 1 aromatic carbocycles. The van der Waals surface area contributed by atoms with Gasteiger partial charge >= 0.3 is 5.97 Å². The molecule has 1 aromatic heterocycles. The average molecular weight is 472 g/mol. The molecule has 1 aliphatic heterocycles. The van der Waals surface area contributed by atoms with E-state index < -0.39 is 11.5 Å². The predicted octanol–water partition coefficient (Wildman–Crippen LogP) is 4.01. The van der Waals surface area contributed by atoms with Gasteiger partial charge in [-0.1, -0.05) is 17.7 Å². The van der Waals surface area contributed by atoms with E-state index >= 15 is 0 Å². The van der Waals surface area contributed by atoms with E-state index in [1.165, 1.54) is 0 Å². The van der Waals surface area contributed by atoms with Crippen LogP contribution in [0.3, 0.4) is 0 Å². The predicted molar refractivity (Wildman–Crippen MR) is 121 cm³/mol. The lowest BCUT2D eigenvalue weighted by Crippen LogP contribution is -2.59. The zero-order valence-electron chi connectivity index (χ0n) is 18.2. The molecular weight excluding hydrogens is 446 g/mol. The summed E-state index contributed by atoms with van der Waals surface area (Å²) < 4.78 is 12.3. The molecule has 2 aromatic rings. The van der Waals surface area contributed by atoms with E-state index in [9.17, 15) is 14.7 Å². The minimum absolute atomic E-state index is 0.119. The Morgan fingerprint density at radius 1 is 1.21 bits per heavy atom. The number of hydrogen-bond donors (Lipinski definition) is 2. The quantitative estimate of drug-likeness (QED) is 0.656. The lowest BCUT2D eigenvalue weighted by Gasteiger charge is -2.61. The van der Waals surface area contributed by atoms with E-state index in [4.69, 9.17) is 21.1 Å². The Morgan fingerprint density at radius 3 is 2.73 bits per heavy atom. The highest BCUT2D eigenvalue weighted by atomic mass is 35.5. The van der Waals surface area contributed by atoms with Gasteiger partial charge in [-0.3, -0.25) is 9.59 Å². The van der Waals surface area contributed by atoms with Gasteiger partial charge in [0, 0.05) is 6.54 Å². The second-order valence-electron chi connectivity index (χ2n) is 10.4. The van der Waals surface area contributed by atoms with E-state index in [1.807, 2.05) is 18.2 Å². The lowest BCUT2D eigenvalue weighted by molar-refractivity contribution is -0.151. The van der Waals surface area contributed by atoms with Crippen LogP contribution in [-0.2, 0) is 16.9 Å². The first-order valence-corrected chi connectivity index (χ1v) is 11.9. The number of carbonyl (C=O) groups is 1. The smallest absolute Gasteiger partial charge is 0.303 e. The molecule has 4 aliphatic carbocycles. The Bertz CT molecular complexity index is 1180. The van der Waals surface area contributed by atoms with Crippen LogP contribution in [0.5, 0.6) is 11.5 Å². The fourth-order valence-electron chi connectivity index (χ4n) is 7.32. The number of carboxylic acids is 1. The van der Waals surface area contributed by atoms with Crippen LogP contribution in [0.2, 0.25) is 5.02 Å². The Labute approximate surface area is 195 Å². The molecule has 7 rings (SSSR count). The molecule has 0 radical (unpaired) electrons. The number of nitrogens with one attached hydrogen (secondary N) is 1. The number of hydrogen-bond acceptors (Lipinski definition) is 6. The number of benzene rings is 1. The van der Waals surface area contributed by atoms with Crippen LogP contribution < -0.4 is 20.3 Å². The number of aromatic nitrogens is 2. The molecule has 33 heavy (non-hydrogen) atoms. The molecule has 4 atom stereocenters. The third-order valence-corrected chi connectivity index (χ3v) is 8.33. The maximum atomic E-state index is 13.4. The Balaban J connectivity index is 1.26. The van der Waals surface area contributed by atoms with Crippen LogP contribution in [0, 0.1) is 17.3 Å². The second kappa shape index (κ2) is 7.38. The molecule has 9 heteroatoms. The zero-order valence-corrected chi connectivity index (χ0v) is 18.9. The van der Waals surface area contributed by atoms with Gasteiger partial charge < -0.3 is 19.9 Å². The lowest BCUT2D eigenvalue weighted by atomic mass is 9.46. The summed E-state index contributed by atoms with van der Waals surface area (Å²) in [4.78, 5) is 25.0. The van der Waals surface area contributed by atoms with E-state index in [0.717, 1.165) is 43.4 Å². The molecule has 2 unspecified atom stereocenters. The summed E-state index contributed by atoms with van der Waals surface area (Å²) in [6.45, 7) is 0.677. The van der Waals surface area contributed by atoms with Crippen LogP contribution in [0.4, 0.5) is 5.69 Å². The van der Waals surface area contributed by atoms with Crippen LogP contribution in [0.15, 0.2) is 29.2 Å². The molecule has 0 spiro atoms. The van der Waals surface area contributed by atoms with Crippen molar-refractivity contribution in [3.63, 3.8) is 0 Å². The van der Waals surface area contributed by atoms with Gasteiger partial charge in [-0.2, -0.15) is 5.10 Å². The van der Waals surface area contributed by atoms with Crippen molar-refractivity contribution in [3.8, 4) is 11.5 Å². The summed E-state index contributed by atoms with van der Waals surface area (Å²) >= 11 is 6.54. The number of rotatable bonds is 6. The molecule has 174 valence electrons. The number of fused-ring (bicyclic) bond motifs is 1. The molecule has 2 N–H and O–H groups in total. The van der Waals surface area contributed by atoms with Crippen LogP contribution >= 0.6 is 11.6 Å². The highest BCUT2D eigenvalue weighted by Gasteiger charge is 2.59. The second-order valence-corrected chi connectivity index (χ2v) is 10.8. The summed E-state index contributed by atoms with van der Waals surface area (Å²) in [5.41, 5.74) is 0.479. The first-order valence-electron chi connectivity index (χ1n) is 11.5. The fraction of sp³-hybridized carbons (Fsp3) is 0.542. The molecule has 5 aliphatic rings. The van der Waals surface area contributed by atoms with Crippen molar-refractivity contribution in [2.24, 2.45) is 17.3 Å². The number of halogens is 1. The average Bonchev–Trinajstić information content (AvgIpc) is 3.20. The first kappa shape index (κ1) is 20.8. The largest absolute Gasteiger partial charge is 0.481 e. The van der Waals surface area contributed by atoms with Crippen molar-refractivity contribution in [1.82, 2.24) is 9.78 Å². The van der Waals surface area contributed by atoms with Crippen molar-refractivity contribution in [1.29, 1.82) is 0 Å². The number of aliphatic carboxylic acids is 1. The van der Waals surface area contributed by atoms with Crippen LogP contribution in [0.1, 0.15) is 50.5 Å². The van der Waals surface area contributed by atoms with Gasteiger partial charge in [0.15, 0.2) is 11.5 Å². The molecule has 8 nitrogen and oxygen atoms in total. The molecular formula is C24H26ClN3O5. The van der Waals surface area contributed by atoms with Crippen LogP contribution in [-0.4, -0.2) is 27.6 Å². The summed E-state index contributed by atoms with van der Waals surface area (Å²) in [6.07, 6.45) is 7.23. The molecule has 0 saturated heterocycles. The van der Waals surface area contributed by atoms with E-state index in [-0.39, 0.29) is 29.2 Å². The fourth-order valence-corrected chi connectivity index (χ4v) is 7.52. The van der Waals surface area contributed by atoms with Gasteiger partial charge in [-0.05, 0) is 73.5 Å². The maximum absolute atomic E-state index is 13.4.